The molecule has 0 heterocycles. The predicted molar refractivity (Wildman–Crippen MR) is 314 cm³/mol. The lowest BCUT2D eigenvalue weighted by Crippen LogP contribution is -2.33. The van der Waals surface area contributed by atoms with E-state index in [4.69, 9.17) is 0 Å². The number of fused-ring (bicyclic) bond motifs is 5. The van der Waals surface area contributed by atoms with E-state index in [-0.39, 0.29) is 6.04 Å². The molecule has 358 valence electrons. The molecule has 0 aromatic heterocycles. The number of anilines is 2. The Kier molecular flexibility index (Phi) is 11.7. The molecule has 9 aromatic rings. The molecule has 4 bridgehead atoms. The van der Waals surface area contributed by atoms with E-state index < -0.39 is 5.41 Å². The molecule has 13 rings (SSSR count). The number of nitrogens with zero attached hydrogens (tertiary/aromatic N) is 1. The summed E-state index contributed by atoms with van der Waals surface area (Å²) in [5.41, 5.74) is 17.6. The summed E-state index contributed by atoms with van der Waals surface area (Å²) >= 11 is 0. The number of benzene rings is 9. The Morgan fingerprint density at radius 3 is 1.91 bits per heavy atom. The minimum atomic E-state index is -0.484. The minimum absolute atomic E-state index is 0.00634. The van der Waals surface area contributed by atoms with Gasteiger partial charge in [0, 0.05) is 16.8 Å². The van der Waals surface area contributed by atoms with E-state index in [0.717, 1.165) is 12.0 Å². The third-order valence-electron chi connectivity index (χ3n) is 17.4. The van der Waals surface area contributed by atoms with Crippen molar-refractivity contribution in [3.05, 3.63) is 312 Å². The van der Waals surface area contributed by atoms with Gasteiger partial charge in [-0.15, -0.1) is 0 Å². The Morgan fingerprint density at radius 2 is 1.20 bits per heavy atom. The van der Waals surface area contributed by atoms with Gasteiger partial charge < -0.3 is 4.90 Å². The quantitative estimate of drug-likeness (QED) is 0.0510. The van der Waals surface area contributed by atoms with Crippen LogP contribution in [0.3, 0.4) is 0 Å². The van der Waals surface area contributed by atoms with Crippen LogP contribution in [0.15, 0.2) is 268 Å². The van der Waals surface area contributed by atoms with Crippen molar-refractivity contribution in [2.45, 2.75) is 55.9 Å². The molecule has 4 aliphatic carbocycles. The SMILES string of the molecule is C=C/C=C(\C=C/C)c1ccc(C2=CC=CC[C@@H]2N(c2ccc(-c3cc4ccccc4c4ccccc34)cc2)c2ccc(C3C4C=CC[C@H]5C4c4ccccc4C35)cc2)cc1C(C)(c1ccccc1)c1ccccc1. The van der Waals surface area contributed by atoms with E-state index >= 15 is 0 Å². The molecule has 0 saturated heterocycles. The molecule has 0 amide bonds. The molecule has 1 saturated carbocycles. The van der Waals surface area contributed by atoms with Crippen LogP contribution in [-0.4, -0.2) is 6.04 Å². The zero-order chi connectivity index (χ0) is 49.8. The van der Waals surface area contributed by atoms with Gasteiger partial charge in [0.05, 0.1) is 6.04 Å². The highest BCUT2D eigenvalue weighted by molar-refractivity contribution is 6.13. The van der Waals surface area contributed by atoms with E-state index in [2.05, 4.69) is 280 Å². The molecule has 0 N–H and O–H groups in total. The zero-order valence-corrected chi connectivity index (χ0v) is 42.4. The third kappa shape index (κ3) is 7.51. The van der Waals surface area contributed by atoms with Crippen molar-refractivity contribution in [2.24, 2.45) is 11.8 Å². The molecule has 1 nitrogen and oxygen atoms in total. The number of allylic oxidation sites excluding steroid dienone is 9. The molecular formula is C73H61N. The molecule has 1 heteroatoms. The Morgan fingerprint density at radius 1 is 0.581 bits per heavy atom. The maximum absolute atomic E-state index is 4.17. The first-order valence-electron chi connectivity index (χ1n) is 26.8. The average Bonchev–Trinajstić information content (AvgIpc) is 3.97. The summed E-state index contributed by atoms with van der Waals surface area (Å²) in [4.78, 5) is 2.62. The molecule has 4 aliphatic rings. The minimum Gasteiger partial charge on any atom is -0.334 e. The lowest BCUT2D eigenvalue weighted by molar-refractivity contribution is 0.448. The molecule has 0 radical (unpaired) electrons. The van der Waals surface area contributed by atoms with Crippen LogP contribution in [0.4, 0.5) is 11.4 Å². The van der Waals surface area contributed by atoms with Gasteiger partial charge in [-0.3, -0.25) is 0 Å². The van der Waals surface area contributed by atoms with E-state index in [1.807, 2.05) is 6.08 Å². The smallest absolute Gasteiger partial charge is 0.0631 e. The predicted octanol–water partition coefficient (Wildman–Crippen LogP) is 18.9. The highest BCUT2D eigenvalue weighted by atomic mass is 15.2. The average molecular weight is 952 g/mol. The van der Waals surface area contributed by atoms with Crippen LogP contribution < -0.4 is 4.90 Å². The van der Waals surface area contributed by atoms with E-state index in [0.29, 0.717) is 29.6 Å². The Bertz CT molecular complexity index is 3700. The fourth-order valence-electron chi connectivity index (χ4n) is 14.1. The van der Waals surface area contributed by atoms with E-state index in [1.165, 1.54) is 89.4 Å². The van der Waals surface area contributed by atoms with Crippen molar-refractivity contribution in [1.29, 1.82) is 0 Å². The van der Waals surface area contributed by atoms with Crippen molar-refractivity contribution >= 4 is 44.1 Å². The first kappa shape index (κ1) is 45.6. The summed E-state index contributed by atoms with van der Waals surface area (Å²) in [5.74, 6) is 2.88. The Labute approximate surface area is 437 Å². The number of hydrogen-bond acceptors (Lipinski definition) is 1. The van der Waals surface area contributed by atoms with Crippen LogP contribution in [-0.2, 0) is 5.41 Å². The van der Waals surface area contributed by atoms with Crippen LogP contribution in [0.25, 0.3) is 43.8 Å². The van der Waals surface area contributed by atoms with Gasteiger partial charge in [0.2, 0.25) is 0 Å². The molecule has 9 aromatic carbocycles. The molecule has 0 spiro atoms. The standard InChI is InChI=1S/C73H61N/c1-4-21-49(22-5-2)59-46-41-53(48-68(59)73(3,54-24-8-6-9-25-54)55-26-10-7-11-27-55)60-29-18-19-36-69(60)74(56-42-37-50(38-43-56)67-47-52-23-12-13-28-58(52)61-30-14-15-31-62(61)67)57-44-39-51(40-45-57)70-65-34-20-35-66-71(65)63-32-16-17-33-64(63)72(66)70/h4-34,37-48,65-66,69-72H,1,35-36H2,2-3H3/b22-5-,49-21+/t65?,66-,69-,70?,71?,72?/m0/s1. The number of hydrogen-bond donors (Lipinski definition) is 0. The van der Waals surface area contributed by atoms with Crippen molar-refractivity contribution in [1.82, 2.24) is 0 Å². The molecule has 74 heavy (non-hydrogen) atoms. The second-order valence-electron chi connectivity index (χ2n) is 21.1. The van der Waals surface area contributed by atoms with Crippen LogP contribution in [0.1, 0.15) is 89.0 Å². The summed E-state index contributed by atoms with van der Waals surface area (Å²) in [6.45, 7) is 8.67. The summed E-state index contributed by atoms with van der Waals surface area (Å²) in [5, 5.41) is 5.10. The van der Waals surface area contributed by atoms with Gasteiger partial charge in [0.1, 0.15) is 0 Å². The lowest BCUT2D eigenvalue weighted by Gasteiger charge is -2.38. The first-order valence-corrected chi connectivity index (χ1v) is 26.8. The van der Waals surface area contributed by atoms with Gasteiger partial charge in [0.25, 0.3) is 0 Å². The normalized spacial score (nSPS) is 20.8. The topological polar surface area (TPSA) is 3.24 Å². The molecule has 4 unspecified atom stereocenters. The Hall–Kier alpha value is -8.26. The lowest BCUT2D eigenvalue weighted by atomic mass is 9.68. The van der Waals surface area contributed by atoms with Crippen molar-refractivity contribution < 1.29 is 0 Å². The third-order valence-corrected chi connectivity index (χ3v) is 17.4. The van der Waals surface area contributed by atoms with Gasteiger partial charge in [0.15, 0.2) is 0 Å². The molecular weight excluding hydrogens is 891 g/mol. The zero-order valence-electron chi connectivity index (χ0n) is 42.4. The second-order valence-corrected chi connectivity index (χ2v) is 21.1. The summed E-state index contributed by atoms with van der Waals surface area (Å²) in [6, 6.07) is 77.9. The summed E-state index contributed by atoms with van der Waals surface area (Å²) in [7, 11) is 0. The van der Waals surface area contributed by atoms with Crippen LogP contribution >= 0.6 is 0 Å². The first-order chi connectivity index (χ1) is 36.5. The molecule has 1 fully saturated rings. The van der Waals surface area contributed by atoms with Crippen molar-refractivity contribution in [3.63, 3.8) is 0 Å². The highest BCUT2D eigenvalue weighted by Crippen LogP contribution is 2.69. The van der Waals surface area contributed by atoms with Gasteiger partial charge in [-0.2, -0.15) is 0 Å². The summed E-state index contributed by atoms with van der Waals surface area (Å²) in [6.07, 6.45) is 22.5. The van der Waals surface area contributed by atoms with Gasteiger partial charge >= 0.3 is 0 Å². The maximum Gasteiger partial charge on any atom is 0.0631 e. The fraction of sp³-hybridized carbons (Fsp3) is 0.151. The fourth-order valence-corrected chi connectivity index (χ4v) is 14.1. The van der Waals surface area contributed by atoms with E-state index in [9.17, 15) is 0 Å². The summed E-state index contributed by atoms with van der Waals surface area (Å²) < 4.78 is 0. The van der Waals surface area contributed by atoms with E-state index in [1.54, 1.807) is 11.1 Å². The van der Waals surface area contributed by atoms with Crippen LogP contribution in [0.2, 0.25) is 0 Å². The number of rotatable bonds is 12. The van der Waals surface area contributed by atoms with Crippen molar-refractivity contribution in [3.8, 4) is 11.1 Å². The monoisotopic (exact) mass is 951 g/mol. The maximum atomic E-state index is 4.17. The molecule has 0 aliphatic heterocycles. The van der Waals surface area contributed by atoms with Gasteiger partial charge in [-0.25, -0.2) is 0 Å². The van der Waals surface area contributed by atoms with Gasteiger partial charge in [-0.1, -0.05) is 231 Å². The van der Waals surface area contributed by atoms with Gasteiger partial charge in [-0.05, 0) is 181 Å². The highest BCUT2D eigenvalue weighted by Gasteiger charge is 2.57. The van der Waals surface area contributed by atoms with Crippen molar-refractivity contribution in [2.75, 3.05) is 4.90 Å². The molecule has 6 atom stereocenters. The second kappa shape index (κ2) is 19.0. The largest absolute Gasteiger partial charge is 0.334 e. The van der Waals surface area contributed by atoms with Crippen LogP contribution in [0, 0.1) is 11.8 Å². The Balaban J connectivity index is 0.958. The van der Waals surface area contributed by atoms with Crippen LogP contribution in [0.5, 0.6) is 0 Å².